The van der Waals surface area contributed by atoms with Crippen LogP contribution in [-0.2, 0) is 24.2 Å². The number of aryl methyl sites for hydroxylation is 2. The number of amides is 1. The molecule has 0 fully saturated rings. The van der Waals surface area contributed by atoms with E-state index in [1.165, 1.54) is 0 Å². The fraction of sp³-hybridized carbons (Fsp3) is 0.171. The molecule has 0 bridgehead atoms. The average molecular weight is 561 g/mol. The number of carbonyl (C=O) groups excluding carboxylic acids is 1. The van der Waals surface area contributed by atoms with Crippen LogP contribution in [0.15, 0.2) is 108 Å². The largest absolute Gasteiger partial charge is 0.493 e. The quantitative estimate of drug-likeness (QED) is 0.172. The number of nitrogens with zero attached hydrogens (tertiary/aromatic N) is 1. The third-order valence-corrected chi connectivity index (χ3v) is 6.97. The predicted molar refractivity (Wildman–Crippen MR) is 161 cm³/mol. The zero-order valence-electron chi connectivity index (χ0n) is 23.4. The highest BCUT2D eigenvalue weighted by atomic mass is 16.5. The van der Waals surface area contributed by atoms with Crippen molar-refractivity contribution in [2.75, 3.05) is 6.61 Å². The van der Waals surface area contributed by atoms with Gasteiger partial charge in [0.1, 0.15) is 11.5 Å². The van der Waals surface area contributed by atoms with Crippen LogP contribution in [-0.4, -0.2) is 28.6 Å². The number of carboxylic acid groups (broad SMARTS) is 1. The second-order valence-corrected chi connectivity index (χ2v) is 9.94. The fourth-order valence-corrected chi connectivity index (χ4v) is 4.67. The molecule has 42 heavy (non-hydrogen) atoms. The Kier molecular flexibility index (Phi) is 9.09. The molecule has 0 aliphatic rings. The molecular formula is C35H32N2O5. The Balaban J connectivity index is 1.23. The van der Waals surface area contributed by atoms with Crippen molar-refractivity contribution in [2.24, 2.45) is 0 Å². The highest BCUT2D eigenvalue weighted by Crippen LogP contribution is 2.26. The van der Waals surface area contributed by atoms with Crippen molar-refractivity contribution >= 4 is 11.9 Å². The van der Waals surface area contributed by atoms with Gasteiger partial charge < -0.3 is 19.6 Å². The number of rotatable bonds is 12. The molecule has 4 aromatic carbocycles. The van der Waals surface area contributed by atoms with Gasteiger partial charge in [0, 0.05) is 30.5 Å². The number of benzene rings is 4. The molecule has 0 aliphatic heterocycles. The summed E-state index contributed by atoms with van der Waals surface area (Å²) >= 11 is 0. The van der Waals surface area contributed by atoms with Crippen molar-refractivity contribution < 1.29 is 23.8 Å². The van der Waals surface area contributed by atoms with Crippen LogP contribution in [0, 0.1) is 6.92 Å². The number of hydrogen-bond donors (Lipinski definition) is 2. The van der Waals surface area contributed by atoms with Gasteiger partial charge in [-0.2, -0.15) is 0 Å². The van der Waals surface area contributed by atoms with Crippen molar-refractivity contribution in [3.63, 3.8) is 0 Å². The van der Waals surface area contributed by atoms with Gasteiger partial charge in [-0.1, -0.05) is 78.9 Å². The summed E-state index contributed by atoms with van der Waals surface area (Å²) < 4.78 is 12.0. The minimum atomic E-state index is -0.916. The Labute approximate surface area is 244 Å². The SMILES string of the molecule is Cc1oc(-c2ccc(-c3ccccc3)cc2)nc1CCOc1ccc(CCC(=O)O)c(C(=O)NCc2ccccc2)c1. The molecule has 0 saturated heterocycles. The molecular weight excluding hydrogens is 528 g/mol. The van der Waals surface area contributed by atoms with Crippen LogP contribution < -0.4 is 10.1 Å². The number of aliphatic carboxylic acids is 1. The summed E-state index contributed by atoms with van der Waals surface area (Å²) in [6.07, 6.45) is 0.701. The minimum absolute atomic E-state index is 0.0675. The lowest BCUT2D eigenvalue weighted by molar-refractivity contribution is -0.136. The first-order valence-corrected chi connectivity index (χ1v) is 13.9. The Morgan fingerprint density at radius 1 is 0.833 bits per heavy atom. The average Bonchev–Trinajstić information content (AvgIpc) is 3.40. The van der Waals surface area contributed by atoms with Gasteiger partial charge >= 0.3 is 5.97 Å². The van der Waals surface area contributed by atoms with E-state index < -0.39 is 5.97 Å². The number of carboxylic acids is 1. The third kappa shape index (κ3) is 7.31. The van der Waals surface area contributed by atoms with E-state index in [9.17, 15) is 9.59 Å². The van der Waals surface area contributed by atoms with Crippen LogP contribution in [0.1, 0.15) is 39.4 Å². The highest BCUT2D eigenvalue weighted by Gasteiger charge is 2.16. The van der Waals surface area contributed by atoms with Crippen LogP contribution >= 0.6 is 0 Å². The lowest BCUT2D eigenvalue weighted by atomic mass is 10.0. The summed E-state index contributed by atoms with van der Waals surface area (Å²) in [5.74, 6) is 0.616. The van der Waals surface area contributed by atoms with Crippen LogP contribution in [0.3, 0.4) is 0 Å². The number of oxazole rings is 1. The maximum Gasteiger partial charge on any atom is 0.303 e. The zero-order valence-corrected chi connectivity index (χ0v) is 23.4. The molecule has 212 valence electrons. The topological polar surface area (TPSA) is 102 Å². The third-order valence-electron chi connectivity index (χ3n) is 6.97. The molecule has 1 amide bonds. The second-order valence-electron chi connectivity index (χ2n) is 9.94. The van der Waals surface area contributed by atoms with Gasteiger partial charge in [-0.3, -0.25) is 9.59 Å². The van der Waals surface area contributed by atoms with Crippen LogP contribution in [0.4, 0.5) is 0 Å². The van der Waals surface area contributed by atoms with Gasteiger partial charge in [0.05, 0.1) is 12.3 Å². The van der Waals surface area contributed by atoms with E-state index in [2.05, 4.69) is 29.6 Å². The van der Waals surface area contributed by atoms with Crippen molar-refractivity contribution in [1.29, 1.82) is 0 Å². The molecule has 1 heterocycles. The molecule has 5 rings (SSSR count). The minimum Gasteiger partial charge on any atom is -0.493 e. The van der Waals surface area contributed by atoms with Crippen molar-refractivity contribution in [3.05, 3.63) is 131 Å². The van der Waals surface area contributed by atoms with E-state index in [1.54, 1.807) is 18.2 Å². The molecule has 0 radical (unpaired) electrons. The molecule has 0 saturated carbocycles. The molecule has 5 aromatic rings. The maximum atomic E-state index is 13.1. The highest BCUT2D eigenvalue weighted by molar-refractivity contribution is 5.96. The van der Waals surface area contributed by atoms with Gasteiger partial charge in [-0.05, 0) is 59.9 Å². The summed E-state index contributed by atoms with van der Waals surface area (Å²) in [5, 5.41) is 12.1. The summed E-state index contributed by atoms with van der Waals surface area (Å²) in [5.41, 5.74) is 6.01. The first-order chi connectivity index (χ1) is 20.5. The number of aromatic nitrogens is 1. The fourth-order valence-electron chi connectivity index (χ4n) is 4.67. The van der Waals surface area contributed by atoms with Crippen molar-refractivity contribution in [3.8, 4) is 28.3 Å². The Bertz CT molecular complexity index is 1640. The molecule has 2 N–H and O–H groups in total. The number of carbonyl (C=O) groups is 2. The van der Waals surface area contributed by atoms with E-state index in [1.807, 2.05) is 67.6 Å². The Morgan fingerprint density at radius 2 is 1.50 bits per heavy atom. The molecule has 0 atom stereocenters. The summed E-state index contributed by atoms with van der Waals surface area (Å²) in [6, 6.07) is 33.1. The molecule has 1 aromatic heterocycles. The van der Waals surface area contributed by atoms with E-state index in [0.29, 0.717) is 42.3 Å². The van der Waals surface area contributed by atoms with E-state index in [4.69, 9.17) is 19.2 Å². The Morgan fingerprint density at radius 3 is 2.21 bits per heavy atom. The van der Waals surface area contributed by atoms with E-state index in [0.717, 1.165) is 33.7 Å². The molecule has 7 nitrogen and oxygen atoms in total. The number of ether oxygens (including phenoxy) is 1. The molecule has 0 aliphatic carbocycles. The molecule has 7 heteroatoms. The molecule has 0 unspecified atom stereocenters. The number of nitrogens with one attached hydrogen (secondary N) is 1. The first-order valence-electron chi connectivity index (χ1n) is 13.9. The van der Waals surface area contributed by atoms with Gasteiger partial charge in [-0.25, -0.2) is 4.98 Å². The standard InChI is InChI=1S/C35H32N2O5/c1-24-32(37-35(42-24)29-14-12-27(13-15-29)26-10-6-3-7-11-26)20-21-41-30-18-16-28(17-19-33(38)39)31(22-30)34(40)36-23-25-8-4-2-5-9-25/h2-16,18,22H,17,19-21,23H2,1H3,(H,36,40)(H,38,39). The number of hydrogen-bond acceptors (Lipinski definition) is 5. The van der Waals surface area contributed by atoms with Crippen LogP contribution in [0.5, 0.6) is 5.75 Å². The van der Waals surface area contributed by atoms with Crippen molar-refractivity contribution in [1.82, 2.24) is 10.3 Å². The second kappa shape index (κ2) is 13.5. The van der Waals surface area contributed by atoms with E-state index >= 15 is 0 Å². The molecule has 0 spiro atoms. The summed E-state index contributed by atoms with van der Waals surface area (Å²) in [7, 11) is 0. The van der Waals surface area contributed by atoms with Crippen LogP contribution in [0.25, 0.3) is 22.6 Å². The monoisotopic (exact) mass is 560 g/mol. The van der Waals surface area contributed by atoms with Gasteiger partial charge in [0.2, 0.25) is 5.89 Å². The van der Waals surface area contributed by atoms with Crippen molar-refractivity contribution in [2.45, 2.75) is 32.7 Å². The van der Waals surface area contributed by atoms with Gasteiger partial charge in [-0.15, -0.1) is 0 Å². The zero-order chi connectivity index (χ0) is 29.3. The van der Waals surface area contributed by atoms with E-state index in [-0.39, 0.29) is 18.7 Å². The van der Waals surface area contributed by atoms with Crippen LogP contribution in [0.2, 0.25) is 0 Å². The normalized spacial score (nSPS) is 10.8. The summed E-state index contributed by atoms with van der Waals surface area (Å²) in [4.78, 5) is 28.9. The smallest absolute Gasteiger partial charge is 0.303 e. The maximum absolute atomic E-state index is 13.1. The van der Waals surface area contributed by atoms with Gasteiger partial charge in [0.15, 0.2) is 0 Å². The lowest BCUT2D eigenvalue weighted by Crippen LogP contribution is -2.24. The predicted octanol–water partition coefficient (Wildman–Crippen LogP) is 6.89. The lowest BCUT2D eigenvalue weighted by Gasteiger charge is -2.13. The van der Waals surface area contributed by atoms with Gasteiger partial charge in [0.25, 0.3) is 5.91 Å². The first kappa shape index (κ1) is 28.4. The summed E-state index contributed by atoms with van der Waals surface area (Å²) in [6.45, 7) is 2.59. The Hall–Kier alpha value is -5.17.